The van der Waals surface area contributed by atoms with Gasteiger partial charge in [-0.2, -0.15) is 0 Å². The fourth-order valence-corrected chi connectivity index (χ4v) is 3.16. The van der Waals surface area contributed by atoms with E-state index < -0.39 is 0 Å². The summed E-state index contributed by atoms with van der Waals surface area (Å²) in [6.45, 7) is 4.81. The molecule has 0 aromatic heterocycles. The molecule has 0 unspecified atom stereocenters. The fraction of sp³-hybridized carbons (Fsp3) is 0.333. The summed E-state index contributed by atoms with van der Waals surface area (Å²) in [5.41, 5.74) is 2.11. The van der Waals surface area contributed by atoms with Gasteiger partial charge in [-0.25, -0.2) is 0 Å². The quantitative estimate of drug-likeness (QED) is 0.584. The summed E-state index contributed by atoms with van der Waals surface area (Å²) in [6, 6.07) is 13.5. The maximum absolute atomic E-state index is 10.9. The molecular weight excluding hydrogens is 336 g/mol. The molecule has 0 amide bonds. The first kappa shape index (κ1) is 18.0. The Hall–Kier alpha value is -2.84. The van der Waals surface area contributed by atoms with Gasteiger partial charge in [-0.05, 0) is 11.1 Å². The van der Waals surface area contributed by atoms with Crippen molar-refractivity contribution in [1.29, 1.82) is 0 Å². The molecule has 1 heterocycles. The van der Waals surface area contributed by atoms with Crippen LogP contribution in [0.25, 0.3) is 0 Å². The van der Waals surface area contributed by atoms with Crippen LogP contribution in [-0.4, -0.2) is 45.8 Å². The SMILES string of the molecule is O=[N+]([O-])c1cccc(CN2CCN(Cc3cccc([N+](=O)[O-])c3)CC2)c1. The van der Waals surface area contributed by atoms with Crippen LogP contribution in [0.1, 0.15) is 11.1 Å². The first-order valence-electron chi connectivity index (χ1n) is 8.42. The summed E-state index contributed by atoms with van der Waals surface area (Å²) in [7, 11) is 0. The van der Waals surface area contributed by atoms with Crippen LogP contribution in [0.2, 0.25) is 0 Å². The van der Waals surface area contributed by atoms with E-state index in [0.29, 0.717) is 13.1 Å². The Morgan fingerprint density at radius 3 is 1.46 bits per heavy atom. The van der Waals surface area contributed by atoms with Crippen molar-refractivity contribution in [3.63, 3.8) is 0 Å². The third-order valence-corrected chi connectivity index (χ3v) is 4.52. The van der Waals surface area contributed by atoms with E-state index in [0.717, 1.165) is 37.3 Å². The molecule has 0 atom stereocenters. The Morgan fingerprint density at radius 1 is 0.731 bits per heavy atom. The predicted octanol–water partition coefficient (Wildman–Crippen LogP) is 2.82. The van der Waals surface area contributed by atoms with Crippen LogP contribution >= 0.6 is 0 Å². The lowest BCUT2D eigenvalue weighted by Gasteiger charge is -2.34. The molecule has 0 saturated carbocycles. The minimum atomic E-state index is -0.375. The predicted molar refractivity (Wildman–Crippen MR) is 96.7 cm³/mol. The molecule has 8 nitrogen and oxygen atoms in total. The molecular formula is C18H20N4O4. The van der Waals surface area contributed by atoms with Crippen molar-refractivity contribution in [3.8, 4) is 0 Å². The lowest BCUT2D eigenvalue weighted by atomic mass is 10.1. The van der Waals surface area contributed by atoms with Gasteiger partial charge < -0.3 is 0 Å². The van der Waals surface area contributed by atoms with Gasteiger partial charge in [0.2, 0.25) is 0 Å². The van der Waals surface area contributed by atoms with Crippen LogP contribution in [0, 0.1) is 20.2 Å². The Morgan fingerprint density at radius 2 is 1.12 bits per heavy atom. The summed E-state index contributed by atoms with van der Waals surface area (Å²) in [6.07, 6.45) is 0. The Balaban J connectivity index is 1.53. The topological polar surface area (TPSA) is 92.8 Å². The maximum Gasteiger partial charge on any atom is 0.269 e. The Bertz CT molecular complexity index is 736. The van der Waals surface area contributed by atoms with Crippen LogP contribution < -0.4 is 0 Å². The molecule has 1 saturated heterocycles. The number of non-ortho nitro benzene ring substituents is 2. The fourth-order valence-electron chi connectivity index (χ4n) is 3.16. The van der Waals surface area contributed by atoms with Crippen LogP contribution in [0.4, 0.5) is 11.4 Å². The van der Waals surface area contributed by atoms with E-state index in [9.17, 15) is 20.2 Å². The minimum Gasteiger partial charge on any atom is -0.297 e. The van der Waals surface area contributed by atoms with Gasteiger partial charge in [-0.1, -0.05) is 24.3 Å². The van der Waals surface area contributed by atoms with Crippen LogP contribution in [0.5, 0.6) is 0 Å². The summed E-state index contributed by atoms with van der Waals surface area (Å²) in [5, 5.41) is 21.7. The molecule has 1 aliphatic rings. The molecule has 8 heteroatoms. The second kappa shape index (κ2) is 8.03. The number of rotatable bonds is 6. The van der Waals surface area contributed by atoms with Crippen LogP contribution in [-0.2, 0) is 13.1 Å². The first-order chi connectivity index (χ1) is 12.5. The highest BCUT2D eigenvalue weighted by Crippen LogP contribution is 2.18. The molecule has 2 aromatic rings. The number of nitro benzene ring substituents is 2. The van der Waals surface area contributed by atoms with E-state index in [1.54, 1.807) is 24.3 Å². The van der Waals surface area contributed by atoms with E-state index in [1.807, 2.05) is 12.1 Å². The molecule has 1 fully saturated rings. The molecule has 0 N–H and O–H groups in total. The lowest BCUT2D eigenvalue weighted by molar-refractivity contribution is -0.385. The number of nitro groups is 2. The van der Waals surface area contributed by atoms with Gasteiger partial charge in [0.15, 0.2) is 0 Å². The second-order valence-corrected chi connectivity index (χ2v) is 6.41. The van der Waals surface area contributed by atoms with Gasteiger partial charge in [-0.15, -0.1) is 0 Å². The van der Waals surface area contributed by atoms with Gasteiger partial charge in [0.1, 0.15) is 0 Å². The number of hydrogen-bond donors (Lipinski definition) is 0. The Kier molecular flexibility index (Phi) is 5.55. The average molecular weight is 356 g/mol. The standard InChI is InChI=1S/C18H20N4O4/c23-21(24)17-5-1-3-15(11-17)13-19-7-9-20(10-8-19)14-16-4-2-6-18(12-16)22(25)26/h1-6,11-12H,7-10,13-14H2. The molecule has 26 heavy (non-hydrogen) atoms. The summed E-state index contributed by atoms with van der Waals surface area (Å²) < 4.78 is 0. The molecule has 1 aliphatic heterocycles. The number of nitrogens with zero attached hydrogens (tertiary/aromatic N) is 4. The summed E-state index contributed by atoms with van der Waals surface area (Å²) in [5.74, 6) is 0. The highest BCUT2D eigenvalue weighted by molar-refractivity contribution is 5.35. The van der Waals surface area contributed by atoms with E-state index >= 15 is 0 Å². The monoisotopic (exact) mass is 356 g/mol. The van der Waals surface area contributed by atoms with Crippen molar-refractivity contribution in [2.45, 2.75) is 13.1 Å². The van der Waals surface area contributed by atoms with Gasteiger partial charge in [0.05, 0.1) is 9.85 Å². The Labute approximate surface area is 150 Å². The minimum absolute atomic E-state index is 0.117. The zero-order valence-corrected chi connectivity index (χ0v) is 14.3. The number of hydrogen-bond acceptors (Lipinski definition) is 6. The van der Waals surface area contributed by atoms with Crippen LogP contribution in [0.15, 0.2) is 48.5 Å². The molecule has 136 valence electrons. The van der Waals surface area contributed by atoms with Gasteiger partial charge in [-0.3, -0.25) is 30.0 Å². The normalized spacial score (nSPS) is 15.7. The van der Waals surface area contributed by atoms with E-state index in [-0.39, 0.29) is 21.2 Å². The van der Waals surface area contributed by atoms with E-state index in [1.165, 1.54) is 12.1 Å². The van der Waals surface area contributed by atoms with Crippen molar-refractivity contribution in [3.05, 3.63) is 79.9 Å². The zero-order chi connectivity index (χ0) is 18.5. The molecule has 0 bridgehead atoms. The second-order valence-electron chi connectivity index (χ2n) is 6.41. The highest BCUT2D eigenvalue weighted by Gasteiger charge is 2.18. The number of piperazine rings is 1. The van der Waals surface area contributed by atoms with Crippen molar-refractivity contribution in [1.82, 2.24) is 9.80 Å². The lowest BCUT2D eigenvalue weighted by Crippen LogP contribution is -2.45. The van der Waals surface area contributed by atoms with Crippen molar-refractivity contribution in [2.24, 2.45) is 0 Å². The summed E-state index contributed by atoms with van der Waals surface area (Å²) in [4.78, 5) is 25.5. The third kappa shape index (κ3) is 4.62. The zero-order valence-electron chi connectivity index (χ0n) is 14.3. The molecule has 3 rings (SSSR count). The van der Waals surface area contributed by atoms with Crippen molar-refractivity contribution in [2.75, 3.05) is 26.2 Å². The molecule has 0 spiro atoms. The number of benzene rings is 2. The maximum atomic E-state index is 10.9. The van der Waals surface area contributed by atoms with Gasteiger partial charge in [0.25, 0.3) is 11.4 Å². The first-order valence-corrected chi connectivity index (χ1v) is 8.42. The van der Waals surface area contributed by atoms with Gasteiger partial charge in [0, 0.05) is 63.5 Å². The summed E-state index contributed by atoms with van der Waals surface area (Å²) >= 11 is 0. The van der Waals surface area contributed by atoms with Crippen molar-refractivity contribution < 1.29 is 9.85 Å². The van der Waals surface area contributed by atoms with E-state index in [4.69, 9.17) is 0 Å². The highest BCUT2D eigenvalue weighted by atomic mass is 16.6. The van der Waals surface area contributed by atoms with Crippen LogP contribution in [0.3, 0.4) is 0 Å². The van der Waals surface area contributed by atoms with E-state index in [2.05, 4.69) is 9.80 Å². The largest absolute Gasteiger partial charge is 0.297 e. The van der Waals surface area contributed by atoms with Crippen molar-refractivity contribution >= 4 is 11.4 Å². The average Bonchev–Trinajstić information content (AvgIpc) is 2.64. The van der Waals surface area contributed by atoms with Gasteiger partial charge >= 0.3 is 0 Å². The molecule has 0 radical (unpaired) electrons. The smallest absolute Gasteiger partial charge is 0.269 e. The molecule has 2 aromatic carbocycles. The molecule has 0 aliphatic carbocycles. The third-order valence-electron chi connectivity index (χ3n) is 4.52.